The number of pyridine rings is 2. The van der Waals surface area contributed by atoms with Gasteiger partial charge < -0.3 is 24.9 Å². The summed E-state index contributed by atoms with van der Waals surface area (Å²) in [7, 11) is 1.50. The minimum absolute atomic E-state index is 0.0624. The number of fused-ring (bicyclic) bond motifs is 1. The molecule has 2 aromatic rings. The van der Waals surface area contributed by atoms with Gasteiger partial charge in [-0.2, -0.15) is 0 Å². The number of halogens is 1. The number of allylic oxidation sites excluding steroid dienone is 4. The average Bonchev–Trinajstić information content (AvgIpc) is 2.78. The van der Waals surface area contributed by atoms with Crippen molar-refractivity contribution in [1.29, 1.82) is 0 Å². The van der Waals surface area contributed by atoms with E-state index in [2.05, 4.69) is 15.3 Å². The maximum Gasteiger partial charge on any atom is 0.260 e. The zero-order chi connectivity index (χ0) is 24.5. The monoisotopic (exact) mass is 461 g/mol. The average molecular weight is 462 g/mol. The molecule has 2 rings (SSSR count). The molecular weight excluding hydrogens is 429 g/mol. The molecule has 2 unspecified atom stereocenters. The first-order valence-electron chi connectivity index (χ1n) is 10.9. The molecule has 0 aromatic carbocycles. The van der Waals surface area contributed by atoms with Crippen molar-refractivity contribution < 1.29 is 23.8 Å². The van der Waals surface area contributed by atoms with Crippen LogP contribution in [0.4, 0.5) is 4.39 Å². The van der Waals surface area contributed by atoms with E-state index in [-0.39, 0.29) is 18.1 Å². The lowest BCUT2D eigenvalue weighted by molar-refractivity contribution is -0.126. The number of carbonyl (C=O) groups is 1. The van der Waals surface area contributed by atoms with Gasteiger partial charge in [-0.1, -0.05) is 25.2 Å². The second-order valence-electron chi connectivity index (χ2n) is 7.43. The number of likely N-dealkylation sites (N-methyl/N-ethyl adjacent to an activating group) is 1. The lowest BCUT2D eigenvalue weighted by Gasteiger charge is -2.20. The smallest absolute Gasteiger partial charge is 0.260 e. The van der Waals surface area contributed by atoms with Crippen LogP contribution in [-0.2, 0) is 16.0 Å². The van der Waals surface area contributed by atoms with Crippen molar-refractivity contribution in [2.75, 3.05) is 20.3 Å². The van der Waals surface area contributed by atoms with Gasteiger partial charge in [0.1, 0.15) is 12.2 Å². The number of H-pyrrole nitrogens is 1. The fourth-order valence-corrected chi connectivity index (χ4v) is 3.52. The third-order valence-electron chi connectivity index (χ3n) is 5.11. The minimum Gasteiger partial charge on any atom is -0.478 e. The van der Waals surface area contributed by atoms with Gasteiger partial charge in [-0.3, -0.25) is 14.6 Å². The van der Waals surface area contributed by atoms with Crippen LogP contribution in [0.2, 0.25) is 0 Å². The van der Waals surface area contributed by atoms with Crippen LogP contribution in [0.1, 0.15) is 50.2 Å². The predicted octanol–water partition coefficient (Wildman–Crippen LogP) is 3.18. The van der Waals surface area contributed by atoms with Crippen LogP contribution in [-0.4, -0.2) is 47.4 Å². The van der Waals surface area contributed by atoms with Gasteiger partial charge >= 0.3 is 0 Å². The molecule has 0 fully saturated rings. The zero-order valence-corrected chi connectivity index (χ0v) is 19.7. The van der Waals surface area contributed by atoms with Crippen LogP contribution in [0, 0.1) is 6.92 Å². The largest absolute Gasteiger partial charge is 0.478 e. The van der Waals surface area contributed by atoms with Crippen molar-refractivity contribution >= 4 is 16.9 Å². The highest BCUT2D eigenvalue weighted by molar-refractivity contribution is 5.87. The van der Waals surface area contributed by atoms with E-state index in [9.17, 15) is 19.1 Å². The van der Waals surface area contributed by atoms with E-state index in [1.54, 1.807) is 33.0 Å². The van der Waals surface area contributed by atoms with Crippen molar-refractivity contribution in [3.05, 3.63) is 57.0 Å². The fraction of sp³-hybridized carbons (Fsp3) is 0.458. The first kappa shape index (κ1) is 26.2. The maximum absolute atomic E-state index is 12.9. The summed E-state index contributed by atoms with van der Waals surface area (Å²) in [6.45, 7) is 6.58. The molecule has 8 nitrogen and oxygen atoms in total. The third-order valence-corrected chi connectivity index (χ3v) is 5.11. The number of nitrogens with zero attached hydrogens (tertiary/aromatic N) is 1. The van der Waals surface area contributed by atoms with Crippen molar-refractivity contribution in [2.45, 2.75) is 52.9 Å². The van der Waals surface area contributed by atoms with E-state index in [1.165, 1.54) is 13.1 Å². The number of alkyl halides is 1. The Morgan fingerprint density at radius 2 is 2.12 bits per heavy atom. The van der Waals surface area contributed by atoms with Gasteiger partial charge in [0.15, 0.2) is 18.1 Å². The lowest BCUT2D eigenvalue weighted by Crippen LogP contribution is -2.34. The molecule has 9 heteroatoms. The highest BCUT2D eigenvalue weighted by atomic mass is 19.1. The highest BCUT2D eigenvalue weighted by Gasteiger charge is 2.23. The van der Waals surface area contributed by atoms with Crippen LogP contribution < -0.4 is 15.6 Å². The number of hydrogen-bond donors (Lipinski definition) is 3. The van der Waals surface area contributed by atoms with Crippen molar-refractivity contribution in [1.82, 2.24) is 15.3 Å². The number of nitrogens with one attached hydrogen (secondary N) is 2. The minimum atomic E-state index is -1.40. The van der Waals surface area contributed by atoms with Crippen LogP contribution in [0.3, 0.4) is 0 Å². The maximum atomic E-state index is 12.9. The number of aliphatic hydroxyl groups is 1. The first-order chi connectivity index (χ1) is 15.8. The molecule has 0 spiro atoms. The standard InChI is InChI=1S/C24H32FN3O5/c1-6-9-16(10-8-11-25)12-17-13-27-19-14(3)18(24(31)32-7-2)23(30)28-20(19)21(17)33-15(4)22(29)26-5/h8-10,13,15,24,31H,6-7,11-12H2,1-5H3,(H,26,29)(H,28,30)/b10-8-,16-9+. The third kappa shape index (κ3) is 6.27. The Labute approximate surface area is 192 Å². The summed E-state index contributed by atoms with van der Waals surface area (Å²) >= 11 is 0. The molecular formula is C24H32FN3O5. The van der Waals surface area contributed by atoms with Gasteiger partial charge in [0.05, 0.1) is 11.1 Å². The Balaban J connectivity index is 2.73. The molecule has 180 valence electrons. The van der Waals surface area contributed by atoms with Crippen LogP contribution in [0.5, 0.6) is 5.75 Å². The van der Waals surface area contributed by atoms with E-state index in [0.717, 1.165) is 12.0 Å². The number of carbonyl (C=O) groups excluding carboxylic acids is 1. The number of aryl methyl sites for hydroxylation is 1. The van der Waals surface area contributed by atoms with E-state index in [4.69, 9.17) is 9.47 Å². The van der Waals surface area contributed by atoms with Gasteiger partial charge in [-0.15, -0.1) is 0 Å². The molecule has 0 aliphatic rings. The Hall–Kier alpha value is -3.04. The number of rotatable bonds is 11. The summed E-state index contributed by atoms with van der Waals surface area (Å²) in [5, 5.41) is 12.8. The second-order valence-corrected chi connectivity index (χ2v) is 7.43. The van der Waals surface area contributed by atoms with E-state index in [1.807, 2.05) is 13.0 Å². The summed E-state index contributed by atoms with van der Waals surface area (Å²) in [6.07, 6.45) is 5.51. The highest BCUT2D eigenvalue weighted by Crippen LogP contribution is 2.32. The number of hydrogen-bond acceptors (Lipinski definition) is 6. The predicted molar refractivity (Wildman–Crippen MR) is 125 cm³/mol. The molecule has 2 aromatic heterocycles. The van der Waals surface area contributed by atoms with E-state index >= 15 is 0 Å². The number of aromatic amines is 1. The molecule has 0 radical (unpaired) electrons. The lowest BCUT2D eigenvalue weighted by atomic mass is 10.0. The van der Waals surface area contributed by atoms with Crippen molar-refractivity contribution in [3.63, 3.8) is 0 Å². The zero-order valence-electron chi connectivity index (χ0n) is 19.7. The Morgan fingerprint density at radius 1 is 1.39 bits per heavy atom. The summed E-state index contributed by atoms with van der Waals surface area (Å²) in [5.41, 5.74) is 2.15. The second kappa shape index (κ2) is 12.3. The molecule has 0 aliphatic heterocycles. The first-order valence-corrected chi connectivity index (χ1v) is 10.9. The number of amides is 1. The summed E-state index contributed by atoms with van der Waals surface area (Å²) < 4.78 is 23.9. The molecule has 0 saturated heterocycles. The fourth-order valence-electron chi connectivity index (χ4n) is 3.52. The van der Waals surface area contributed by atoms with E-state index < -0.39 is 24.6 Å². The SMILES string of the molecule is CC/C=C(\C=C/CF)Cc1cnc2c(C)c(C(O)OCC)c(=O)[nH]c2c1OC(C)C(=O)NC. The van der Waals surface area contributed by atoms with Crippen LogP contribution in [0.25, 0.3) is 11.0 Å². The Kier molecular flexibility index (Phi) is 9.74. The molecule has 33 heavy (non-hydrogen) atoms. The normalized spacial score (nSPS) is 14.0. The van der Waals surface area contributed by atoms with Crippen molar-refractivity contribution in [3.8, 4) is 5.75 Å². The van der Waals surface area contributed by atoms with Gasteiger partial charge in [0.25, 0.3) is 11.5 Å². The van der Waals surface area contributed by atoms with Gasteiger partial charge in [0.2, 0.25) is 0 Å². The Bertz CT molecular complexity index is 1090. The summed E-state index contributed by atoms with van der Waals surface area (Å²) in [6, 6.07) is 0. The molecule has 2 heterocycles. The molecule has 0 bridgehead atoms. The Morgan fingerprint density at radius 3 is 2.73 bits per heavy atom. The molecule has 2 atom stereocenters. The van der Waals surface area contributed by atoms with Crippen LogP contribution in [0.15, 0.2) is 34.8 Å². The molecule has 1 amide bonds. The summed E-state index contributed by atoms with van der Waals surface area (Å²) in [5.74, 6) is -0.0422. The van der Waals surface area contributed by atoms with Gasteiger partial charge in [-0.25, -0.2) is 4.39 Å². The van der Waals surface area contributed by atoms with Crippen LogP contribution >= 0.6 is 0 Å². The molecule has 3 N–H and O–H groups in total. The van der Waals surface area contributed by atoms with E-state index in [0.29, 0.717) is 34.3 Å². The topological polar surface area (TPSA) is 114 Å². The van der Waals surface area contributed by atoms with Crippen molar-refractivity contribution in [2.24, 2.45) is 0 Å². The summed E-state index contributed by atoms with van der Waals surface area (Å²) in [4.78, 5) is 32.2. The number of ether oxygens (including phenoxy) is 2. The van der Waals surface area contributed by atoms with Gasteiger partial charge in [-0.05, 0) is 38.3 Å². The quantitative estimate of drug-likeness (QED) is 0.350. The molecule has 0 aliphatic carbocycles. The number of aliphatic hydroxyl groups excluding tert-OH is 1. The molecule has 0 saturated carbocycles. The van der Waals surface area contributed by atoms with Gasteiger partial charge in [0, 0.05) is 31.8 Å². The number of aromatic nitrogens is 2.